The minimum Gasteiger partial charge on any atom is -0.343 e. The average Bonchev–Trinajstić information content (AvgIpc) is 3.15. The first-order chi connectivity index (χ1) is 15.8. The third kappa shape index (κ3) is 4.86. The summed E-state index contributed by atoms with van der Waals surface area (Å²) in [5.74, 6) is -0.829. The van der Waals surface area contributed by atoms with Gasteiger partial charge in [0.05, 0.1) is 11.6 Å². The maximum Gasteiger partial charge on any atom is 0.412 e. The number of aromatic nitrogens is 1. The Morgan fingerprint density at radius 3 is 2.39 bits per heavy atom. The van der Waals surface area contributed by atoms with E-state index >= 15 is 0 Å². The van der Waals surface area contributed by atoms with Crippen molar-refractivity contribution in [3.8, 4) is 6.07 Å². The van der Waals surface area contributed by atoms with Crippen LogP contribution < -0.4 is 5.32 Å². The molecular formula is C25H17ClF3N3O. The average molecular weight is 468 g/mol. The van der Waals surface area contributed by atoms with Crippen molar-refractivity contribution in [1.82, 2.24) is 9.88 Å². The number of carbonyl (C=O) groups is 1. The van der Waals surface area contributed by atoms with Crippen LogP contribution in [-0.2, 0) is 6.54 Å². The molecule has 4 nitrogen and oxygen atoms in total. The van der Waals surface area contributed by atoms with Gasteiger partial charge in [0.15, 0.2) is 6.04 Å². The molecule has 1 aromatic heterocycles. The van der Waals surface area contributed by atoms with Crippen LogP contribution in [0.3, 0.4) is 0 Å². The number of rotatable bonds is 5. The van der Waals surface area contributed by atoms with Crippen molar-refractivity contribution in [3.63, 3.8) is 0 Å². The van der Waals surface area contributed by atoms with Crippen molar-refractivity contribution in [1.29, 1.82) is 5.26 Å². The Kier molecular flexibility index (Phi) is 6.12. The first-order valence-electron chi connectivity index (χ1n) is 9.96. The molecule has 0 saturated carbocycles. The van der Waals surface area contributed by atoms with Crippen LogP contribution in [0.25, 0.3) is 10.9 Å². The lowest BCUT2D eigenvalue weighted by Crippen LogP contribution is -2.38. The summed E-state index contributed by atoms with van der Waals surface area (Å²) in [6.07, 6.45) is -3.36. The number of hydrogen-bond donors (Lipinski definition) is 1. The van der Waals surface area contributed by atoms with Gasteiger partial charge in [0.25, 0.3) is 5.91 Å². The van der Waals surface area contributed by atoms with Crippen LogP contribution >= 0.6 is 11.6 Å². The highest BCUT2D eigenvalue weighted by molar-refractivity contribution is 6.30. The number of halogens is 4. The normalized spacial score (nSPS) is 12.3. The van der Waals surface area contributed by atoms with Crippen molar-refractivity contribution in [2.75, 3.05) is 0 Å². The number of nitrogens with zero attached hydrogens (tertiary/aromatic N) is 2. The van der Waals surface area contributed by atoms with E-state index < -0.39 is 18.1 Å². The van der Waals surface area contributed by atoms with E-state index in [1.807, 2.05) is 6.07 Å². The Morgan fingerprint density at radius 1 is 1.06 bits per heavy atom. The third-order valence-electron chi connectivity index (χ3n) is 5.26. The molecule has 33 heavy (non-hydrogen) atoms. The fourth-order valence-corrected chi connectivity index (χ4v) is 3.80. The molecule has 0 saturated heterocycles. The van der Waals surface area contributed by atoms with E-state index in [1.54, 1.807) is 53.1 Å². The standard InChI is InChI=1S/C25H17ClF3N3O/c26-19-9-6-16(7-10-19)14-32-15-21(20-11-8-17(13-30)12-22(20)32)23(25(27,28)29)31-24(33)18-4-2-1-3-5-18/h1-12,15,23H,14H2,(H,31,33). The predicted octanol–water partition coefficient (Wildman–Crippen LogP) is 6.25. The zero-order chi connectivity index (χ0) is 23.6. The van der Waals surface area contributed by atoms with Crippen LogP contribution in [0.2, 0.25) is 5.02 Å². The molecule has 0 fully saturated rings. The number of nitriles is 1. The van der Waals surface area contributed by atoms with Crippen molar-refractivity contribution in [2.45, 2.75) is 18.8 Å². The summed E-state index contributed by atoms with van der Waals surface area (Å²) >= 11 is 5.94. The van der Waals surface area contributed by atoms with Gasteiger partial charge in [-0.1, -0.05) is 48.0 Å². The van der Waals surface area contributed by atoms with Gasteiger partial charge in [-0.25, -0.2) is 0 Å². The zero-order valence-corrected chi connectivity index (χ0v) is 17.9. The van der Waals surface area contributed by atoms with E-state index in [1.165, 1.54) is 30.5 Å². The molecule has 3 aromatic carbocycles. The van der Waals surface area contributed by atoms with Crippen molar-refractivity contribution in [2.24, 2.45) is 0 Å². The molecule has 1 unspecified atom stereocenters. The molecule has 0 radical (unpaired) electrons. The van der Waals surface area contributed by atoms with Crippen molar-refractivity contribution >= 4 is 28.4 Å². The van der Waals surface area contributed by atoms with Gasteiger partial charge in [-0.3, -0.25) is 4.79 Å². The van der Waals surface area contributed by atoms with Crippen LogP contribution in [0, 0.1) is 11.3 Å². The molecule has 4 rings (SSSR count). The van der Waals surface area contributed by atoms with Crippen LogP contribution in [0.4, 0.5) is 13.2 Å². The summed E-state index contributed by atoms with van der Waals surface area (Å²) in [6, 6.07) is 19.0. The molecule has 0 bridgehead atoms. The number of hydrogen-bond acceptors (Lipinski definition) is 2. The molecule has 0 spiro atoms. The lowest BCUT2D eigenvalue weighted by Gasteiger charge is -2.21. The highest BCUT2D eigenvalue weighted by atomic mass is 35.5. The topological polar surface area (TPSA) is 57.8 Å². The smallest absolute Gasteiger partial charge is 0.343 e. The number of fused-ring (bicyclic) bond motifs is 1. The molecule has 8 heteroatoms. The second-order valence-electron chi connectivity index (χ2n) is 7.50. The van der Waals surface area contributed by atoms with E-state index in [-0.39, 0.29) is 17.7 Å². The van der Waals surface area contributed by atoms with Gasteiger partial charge in [0.2, 0.25) is 0 Å². The summed E-state index contributed by atoms with van der Waals surface area (Å²) in [4.78, 5) is 12.6. The largest absolute Gasteiger partial charge is 0.412 e. The van der Waals surface area contributed by atoms with Crippen LogP contribution in [0.15, 0.2) is 79.0 Å². The molecule has 1 N–H and O–H groups in total. The monoisotopic (exact) mass is 467 g/mol. The quantitative estimate of drug-likeness (QED) is 0.377. The lowest BCUT2D eigenvalue weighted by molar-refractivity contribution is -0.155. The molecule has 0 aliphatic carbocycles. The summed E-state index contributed by atoms with van der Waals surface area (Å²) in [7, 11) is 0. The lowest BCUT2D eigenvalue weighted by atomic mass is 10.0. The van der Waals surface area contributed by atoms with E-state index in [0.29, 0.717) is 21.5 Å². The Bertz CT molecular complexity index is 1340. The number of amides is 1. The Hall–Kier alpha value is -3.76. The van der Waals surface area contributed by atoms with Gasteiger partial charge in [-0.2, -0.15) is 18.4 Å². The van der Waals surface area contributed by atoms with Gasteiger partial charge >= 0.3 is 6.18 Å². The number of alkyl halides is 3. The van der Waals surface area contributed by atoms with E-state index in [4.69, 9.17) is 11.6 Å². The number of nitrogens with one attached hydrogen (secondary N) is 1. The Balaban J connectivity index is 1.80. The number of benzene rings is 3. The molecule has 0 aliphatic heterocycles. The minimum atomic E-state index is -4.74. The Morgan fingerprint density at radius 2 is 1.76 bits per heavy atom. The molecule has 1 atom stereocenters. The molecule has 0 aliphatic rings. The minimum absolute atomic E-state index is 0.0970. The number of carbonyl (C=O) groups excluding carboxylic acids is 1. The van der Waals surface area contributed by atoms with Crippen LogP contribution in [-0.4, -0.2) is 16.7 Å². The van der Waals surface area contributed by atoms with Crippen molar-refractivity contribution < 1.29 is 18.0 Å². The van der Waals surface area contributed by atoms with Gasteiger partial charge < -0.3 is 9.88 Å². The molecule has 1 heterocycles. The summed E-state index contributed by atoms with van der Waals surface area (Å²) in [6.45, 7) is 0.264. The van der Waals surface area contributed by atoms with E-state index in [2.05, 4.69) is 5.32 Å². The zero-order valence-electron chi connectivity index (χ0n) is 17.1. The highest BCUT2D eigenvalue weighted by Crippen LogP contribution is 2.38. The van der Waals surface area contributed by atoms with Gasteiger partial charge in [0, 0.05) is 39.8 Å². The van der Waals surface area contributed by atoms with Crippen LogP contribution in [0.5, 0.6) is 0 Å². The fourth-order valence-electron chi connectivity index (χ4n) is 3.68. The fraction of sp³-hybridized carbons (Fsp3) is 0.120. The van der Waals surface area contributed by atoms with Gasteiger partial charge in [0.1, 0.15) is 0 Å². The third-order valence-corrected chi connectivity index (χ3v) is 5.51. The molecule has 1 amide bonds. The summed E-state index contributed by atoms with van der Waals surface area (Å²) < 4.78 is 44.1. The van der Waals surface area contributed by atoms with E-state index in [9.17, 15) is 23.2 Å². The first kappa shape index (κ1) is 22.4. The summed E-state index contributed by atoms with van der Waals surface area (Å²) in [5.41, 5.74) is 1.63. The Labute approximate surface area is 192 Å². The van der Waals surface area contributed by atoms with E-state index in [0.717, 1.165) is 5.56 Å². The van der Waals surface area contributed by atoms with Gasteiger partial charge in [-0.15, -0.1) is 0 Å². The molecular weight excluding hydrogens is 451 g/mol. The molecule has 4 aromatic rings. The predicted molar refractivity (Wildman–Crippen MR) is 120 cm³/mol. The van der Waals surface area contributed by atoms with Crippen molar-refractivity contribution in [3.05, 3.63) is 106 Å². The van der Waals surface area contributed by atoms with Gasteiger partial charge in [-0.05, 0) is 42.0 Å². The van der Waals surface area contributed by atoms with Crippen LogP contribution in [0.1, 0.15) is 33.1 Å². The molecule has 166 valence electrons. The second-order valence-corrected chi connectivity index (χ2v) is 7.93. The second kappa shape index (κ2) is 9.00. The maximum absolute atomic E-state index is 14.1. The SMILES string of the molecule is N#Cc1ccc2c(C(NC(=O)c3ccccc3)C(F)(F)F)cn(Cc3ccc(Cl)cc3)c2c1. The first-order valence-corrected chi connectivity index (χ1v) is 10.3. The highest BCUT2D eigenvalue weighted by Gasteiger charge is 2.43. The maximum atomic E-state index is 14.1. The summed E-state index contributed by atoms with van der Waals surface area (Å²) in [5, 5.41) is 12.3.